The van der Waals surface area contributed by atoms with E-state index in [0.717, 1.165) is 66.8 Å². The maximum Gasteiger partial charge on any atom is 0.164 e. The fraction of sp³-hybridized carbons (Fsp3) is 0. The van der Waals surface area contributed by atoms with Gasteiger partial charge in [0, 0.05) is 66.3 Å². The van der Waals surface area contributed by atoms with Gasteiger partial charge in [0.15, 0.2) is 34.9 Å². The Balaban J connectivity index is 0.000000141. The SMILES string of the molecule is c1ccc(-c2nc(-c3ccccc3)nc(-c3cccc(-n4c5ccccc5c5c6cc(-c7cccc8ccccc78)ccc6ccc54)c3)n2)cc1.c1ccc(-c2nc(-c3ccccc3)nc(-c3cccc(-n4c5ccccc5c5c6ccc(-c7cccc8ccccc78)cc6ccc54)c3)n2)cc1. The predicted molar refractivity (Wildman–Crippen MR) is 422 cm³/mol. The zero-order chi connectivity index (χ0) is 67.5. The standard InChI is InChI=1S/2C47H30N4/c1-3-14-32(15-4-1)45-48-46(33-16-5-2-6-17-33)50-47(49-45)36-19-11-20-37(30-36)51-42-24-10-9-22-41(42)44-40-27-25-34(29-35(40)26-28-43(44)51)39-23-12-18-31-13-7-8-21-38(31)39;1-3-14-33(15-4-1)45-48-46(34-16-5-2-6-17-34)50-47(49-45)36-19-11-20-37(29-36)51-42-24-10-9-22-40(42)44-41-30-35(26-25-32(41)27-28-43(44)51)39-23-12-18-31-13-7-8-21-38(31)39/h2*1-30H. The van der Waals surface area contributed by atoms with Gasteiger partial charge in [0.25, 0.3) is 0 Å². The van der Waals surface area contributed by atoms with Crippen LogP contribution in [0.5, 0.6) is 0 Å². The van der Waals surface area contributed by atoms with E-state index in [2.05, 4.69) is 252 Å². The fourth-order valence-corrected chi connectivity index (χ4v) is 14.9. The van der Waals surface area contributed by atoms with Gasteiger partial charge in [-0.25, -0.2) is 29.9 Å². The Morgan fingerprint density at radius 1 is 0.167 bits per heavy atom. The minimum Gasteiger partial charge on any atom is -0.309 e. The van der Waals surface area contributed by atoms with Crippen molar-refractivity contribution in [3.8, 4) is 102 Å². The summed E-state index contributed by atoms with van der Waals surface area (Å²) in [5.74, 6) is 3.87. The number of aromatic nitrogens is 8. The van der Waals surface area contributed by atoms with Gasteiger partial charge in [0.2, 0.25) is 0 Å². The van der Waals surface area contributed by atoms with E-state index < -0.39 is 0 Å². The summed E-state index contributed by atoms with van der Waals surface area (Å²) in [6, 6.07) is 128. The summed E-state index contributed by atoms with van der Waals surface area (Å²) in [4.78, 5) is 29.8. The molecule has 0 bridgehead atoms. The monoisotopic (exact) mass is 1300 g/mol. The van der Waals surface area contributed by atoms with Crippen LogP contribution in [0.3, 0.4) is 0 Å². The van der Waals surface area contributed by atoms with Crippen molar-refractivity contribution in [3.05, 3.63) is 364 Å². The van der Waals surface area contributed by atoms with E-state index in [9.17, 15) is 0 Å². The van der Waals surface area contributed by atoms with Gasteiger partial charge in [-0.2, -0.15) is 0 Å². The molecule has 0 atom stereocenters. The Kier molecular flexibility index (Phi) is 14.7. The molecule has 20 rings (SSSR count). The van der Waals surface area contributed by atoms with Crippen LogP contribution in [0, 0.1) is 0 Å². The number of rotatable bonds is 10. The summed E-state index contributed by atoms with van der Waals surface area (Å²) in [6.45, 7) is 0. The lowest BCUT2D eigenvalue weighted by molar-refractivity contribution is 1.07. The molecule has 476 valence electrons. The summed E-state index contributed by atoms with van der Waals surface area (Å²) >= 11 is 0. The Labute approximate surface area is 588 Å². The van der Waals surface area contributed by atoms with Crippen LogP contribution in [0.4, 0.5) is 0 Å². The Bertz CT molecular complexity index is 6500. The van der Waals surface area contributed by atoms with Gasteiger partial charge >= 0.3 is 0 Å². The second-order valence-corrected chi connectivity index (χ2v) is 25.7. The van der Waals surface area contributed by atoms with Gasteiger partial charge in [-0.05, 0) is 126 Å². The molecule has 0 amide bonds. The molecule has 16 aromatic carbocycles. The molecule has 0 aliphatic heterocycles. The van der Waals surface area contributed by atoms with E-state index in [1.165, 1.54) is 86.9 Å². The summed E-state index contributed by atoms with van der Waals surface area (Å²) < 4.78 is 4.74. The van der Waals surface area contributed by atoms with Crippen molar-refractivity contribution in [2.75, 3.05) is 0 Å². The first kappa shape index (κ1) is 59.4. The second-order valence-electron chi connectivity index (χ2n) is 25.7. The molecule has 0 fully saturated rings. The topological polar surface area (TPSA) is 87.2 Å². The highest BCUT2D eigenvalue weighted by Gasteiger charge is 2.21. The molecule has 20 aromatic rings. The third-order valence-electron chi connectivity index (χ3n) is 19.6. The van der Waals surface area contributed by atoms with E-state index in [0.29, 0.717) is 34.9 Å². The predicted octanol–water partition coefficient (Wildman–Crippen LogP) is 23.9. The van der Waals surface area contributed by atoms with E-state index in [1.807, 2.05) is 121 Å². The molecule has 0 saturated carbocycles. The molecule has 4 aromatic heterocycles. The third kappa shape index (κ3) is 10.7. The van der Waals surface area contributed by atoms with Crippen molar-refractivity contribution in [1.82, 2.24) is 39.0 Å². The van der Waals surface area contributed by atoms with E-state index in [4.69, 9.17) is 29.9 Å². The molecule has 0 aliphatic rings. The van der Waals surface area contributed by atoms with E-state index >= 15 is 0 Å². The second kappa shape index (κ2) is 25.2. The average Bonchev–Trinajstić information content (AvgIpc) is 1.57. The first-order valence-electron chi connectivity index (χ1n) is 34.4. The number of nitrogens with zero attached hydrogens (tertiary/aromatic N) is 8. The number of benzene rings is 16. The van der Waals surface area contributed by atoms with Gasteiger partial charge in [-0.15, -0.1) is 0 Å². The molecule has 102 heavy (non-hydrogen) atoms. The minimum atomic E-state index is 0.635. The van der Waals surface area contributed by atoms with Crippen LogP contribution in [0.2, 0.25) is 0 Å². The van der Waals surface area contributed by atoms with Gasteiger partial charge < -0.3 is 9.13 Å². The first-order valence-corrected chi connectivity index (χ1v) is 34.4. The summed E-state index contributed by atoms with van der Waals surface area (Å²) in [5, 5.41) is 14.9. The highest BCUT2D eigenvalue weighted by atomic mass is 15.1. The Morgan fingerprint density at radius 2 is 0.490 bits per heavy atom. The average molecular weight is 1300 g/mol. The van der Waals surface area contributed by atoms with Crippen LogP contribution in [0.1, 0.15) is 0 Å². The molecule has 0 radical (unpaired) electrons. The molecular formula is C94H60N8. The van der Waals surface area contributed by atoms with Crippen molar-refractivity contribution in [2.24, 2.45) is 0 Å². The number of hydrogen-bond donors (Lipinski definition) is 0. The molecule has 8 heteroatoms. The summed E-state index contributed by atoms with van der Waals surface area (Å²) in [5.41, 5.74) is 17.3. The largest absolute Gasteiger partial charge is 0.309 e. The smallest absolute Gasteiger partial charge is 0.164 e. The fourth-order valence-electron chi connectivity index (χ4n) is 14.9. The van der Waals surface area contributed by atoms with Crippen LogP contribution >= 0.6 is 0 Å². The maximum atomic E-state index is 5.02. The van der Waals surface area contributed by atoms with Gasteiger partial charge in [-0.3, -0.25) is 0 Å². The summed E-state index contributed by atoms with van der Waals surface area (Å²) in [6.07, 6.45) is 0. The minimum absolute atomic E-state index is 0.635. The van der Waals surface area contributed by atoms with Crippen LogP contribution in [0.25, 0.3) is 189 Å². The van der Waals surface area contributed by atoms with Gasteiger partial charge in [0.05, 0.1) is 22.1 Å². The van der Waals surface area contributed by atoms with Gasteiger partial charge in [-0.1, -0.05) is 303 Å². The number of para-hydroxylation sites is 2. The number of hydrogen-bond acceptors (Lipinski definition) is 6. The lowest BCUT2D eigenvalue weighted by atomic mass is 9.95. The first-order chi connectivity index (χ1) is 50.6. The maximum absolute atomic E-state index is 5.02. The quantitative estimate of drug-likeness (QED) is 0.136. The molecular weight excluding hydrogens is 1240 g/mol. The Hall–Kier alpha value is -13.8. The molecule has 8 nitrogen and oxygen atoms in total. The molecule has 0 spiro atoms. The normalized spacial score (nSPS) is 11.5. The van der Waals surface area contributed by atoms with E-state index in [-0.39, 0.29) is 0 Å². The highest BCUT2D eigenvalue weighted by Crippen LogP contribution is 2.43. The van der Waals surface area contributed by atoms with Crippen LogP contribution < -0.4 is 0 Å². The van der Waals surface area contributed by atoms with Crippen molar-refractivity contribution in [2.45, 2.75) is 0 Å². The van der Waals surface area contributed by atoms with Gasteiger partial charge in [0.1, 0.15) is 0 Å². The van der Waals surface area contributed by atoms with Crippen LogP contribution in [-0.4, -0.2) is 39.0 Å². The molecule has 0 unspecified atom stereocenters. The summed E-state index contributed by atoms with van der Waals surface area (Å²) in [7, 11) is 0. The Morgan fingerprint density at radius 3 is 0.951 bits per heavy atom. The molecule has 0 saturated heterocycles. The van der Waals surface area contributed by atoms with Crippen molar-refractivity contribution in [3.63, 3.8) is 0 Å². The van der Waals surface area contributed by atoms with Crippen molar-refractivity contribution >= 4 is 86.7 Å². The third-order valence-corrected chi connectivity index (χ3v) is 19.6. The number of fused-ring (bicyclic) bond motifs is 12. The van der Waals surface area contributed by atoms with Crippen molar-refractivity contribution < 1.29 is 0 Å². The lowest BCUT2D eigenvalue weighted by Crippen LogP contribution is -2.01. The highest BCUT2D eigenvalue weighted by molar-refractivity contribution is 6.23. The zero-order valence-corrected chi connectivity index (χ0v) is 55.2. The lowest BCUT2D eigenvalue weighted by Gasteiger charge is -2.12. The van der Waals surface area contributed by atoms with Crippen molar-refractivity contribution in [1.29, 1.82) is 0 Å². The molecule has 0 N–H and O–H groups in total. The molecule has 4 heterocycles. The van der Waals surface area contributed by atoms with E-state index in [1.54, 1.807) is 0 Å². The molecule has 0 aliphatic carbocycles. The van der Waals surface area contributed by atoms with Crippen LogP contribution in [-0.2, 0) is 0 Å². The zero-order valence-electron chi connectivity index (χ0n) is 55.2. The van der Waals surface area contributed by atoms with Crippen LogP contribution in [0.15, 0.2) is 364 Å².